The van der Waals surface area contributed by atoms with Gasteiger partial charge in [-0.2, -0.15) is 0 Å². The number of pyridine rings is 1. The number of hydrogen-bond acceptors (Lipinski definition) is 3. The van der Waals surface area contributed by atoms with E-state index in [1.807, 2.05) is 5.01 Å². The van der Waals surface area contributed by atoms with Gasteiger partial charge in [0.05, 0.1) is 38.8 Å². The number of hydrazine groups is 1. The average Bonchev–Trinajstić information content (AvgIpc) is 2.33. The first-order valence-electron chi connectivity index (χ1n) is 5.64. The van der Waals surface area contributed by atoms with E-state index in [0.717, 1.165) is 26.2 Å². The second-order valence-electron chi connectivity index (χ2n) is 4.25. The van der Waals surface area contributed by atoms with Crippen LogP contribution in [-0.2, 0) is 0 Å². The van der Waals surface area contributed by atoms with Crippen LogP contribution in [0.1, 0.15) is 10.4 Å². The topological polar surface area (TPSA) is 49.7 Å². The Labute approximate surface area is 105 Å². The van der Waals surface area contributed by atoms with E-state index in [9.17, 15) is 4.79 Å². The highest BCUT2D eigenvalue weighted by Crippen LogP contribution is 2.05. The smallest absolute Gasteiger partial charge is 0.267 e. The van der Waals surface area contributed by atoms with E-state index < -0.39 is 0 Å². The molecule has 2 N–H and O–H groups in total. The second kappa shape index (κ2) is 5.44. The number of hydrogen-bond donors (Lipinski definition) is 2. The molecule has 1 aromatic rings. The Morgan fingerprint density at radius 1 is 1.47 bits per heavy atom. The minimum Gasteiger partial charge on any atom is -0.335 e. The van der Waals surface area contributed by atoms with Gasteiger partial charge in [-0.25, -0.2) is 9.99 Å². The summed E-state index contributed by atoms with van der Waals surface area (Å²) >= 11 is 5.67. The van der Waals surface area contributed by atoms with Crippen LogP contribution in [0.5, 0.6) is 0 Å². The van der Waals surface area contributed by atoms with Crippen molar-refractivity contribution in [2.75, 3.05) is 33.2 Å². The third-order valence-corrected chi connectivity index (χ3v) is 3.09. The maximum atomic E-state index is 11.9. The molecule has 17 heavy (non-hydrogen) atoms. The average molecular weight is 256 g/mol. The van der Waals surface area contributed by atoms with Crippen LogP contribution in [-0.4, -0.2) is 49.1 Å². The minimum absolute atomic E-state index is 0.131. The molecule has 1 amide bonds. The summed E-state index contributed by atoms with van der Waals surface area (Å²) in [6.07, 6.45) is 1.49. The fourth-order valence-electron chi connectivity index (χ4n) is 1.72. The molecule has 0 saturated carbocycles. The zero-order valence-electron chi connectivity index (χ0n) is 9.74. The van der Waals surface area contributed by atoms with Gasteiger partial charge in [-0.3, -0.25) is 10.2 Å². The van der Waals surface area contributed by atoms with Crippen LogP contribution < -0.4 is 10.3 Å². The summed E-state index contributed by atoms with van der Waals surface area (Å²) in [6.45, 7) is 3.83. The molecule has 1 aliphatic rings. The number of rotatable bonds is 2. The normalized spacial score (nSPS) is 18.0. The van der Waals surface area contributed by atoms with Crippen molar-refractivity contribution >= 4 is 17.5 Å². The summed E-state index contributed by atoms with van der Waals surface area (Å²) in [4.78, 5) is 17.2. The molecule has 1 aromatic heterocycles. The highest BCUT2D eigenvalue weighted by molar-refractivity contribution is 6.29. The number of nitrogens with zero attached hydrogens (tertiary/aromatic N) is 2. The maximum absolute atomic E-state index is 11.9. The number of aromatic nitrogens is 1. The van der Waals surface area contributed by atoms with Gasteiger partial charge in [-0.15, -0.1) is 0 Å². The Morgan fingerprint density at radius 3 is 2.76 bits per heavy atom. The fraction of sp³-hybridized carbons (Fsp3) is 0.455. The van der Waals surface area contributed by atoms with E-state index in [1.54, 1.807) is 12.1 Å². The van der Waals surface area contributed by atoms with Crippen LogP contribution in [0.25, 0.3) is 0 Å². The molecule has 92 valence electrons. The Bertz CT molecular complexity index is 387. The van der Waals surface area contributed by atoms with Crippen molar-refractivity contribution in [3.05, 3.63) is 29.0 Å². The molecule has 0 aromatic carbocycles. The van der Waals surface area contributed by atoms with Gasteiger partial charge in [0, 0.05) is 6.20 Å². The number of halogens is 1. The number of carbonyl (C=O) groups is 1. The third-order valence-electron chi connectivity index (χ3n) is 2.87. The lowest BCUT2D eigenvalue weighted by Crippen LogP contribution is -3.12. The standard InChI is InChI=1S/C11H15ClN4O/c1-15-4-6-16(7-5-15)14-11(17)9-2-3-10(12)13-8-9/h2-3,8H,4-7H2,1H3,(H,14,17)/p+1. The summed E-state index contributed by atoms with van der Waals surface area (Å²) in [6, 6.07) is 3.29. The van der Waals surface area contributed by atoms with Crippen LogP contribution in [0.4, 0.5) is 0 Å². The summed E-state index contributed by atoms with van der Waals surface area (Å²) < 4.78 is 0. The molecule has 1 fully saturated rings. The Kier molecular flexibility index (Phi) is 3.93. The molecule has 2 heterocycles. The van der Waals surface area contributed by atoms with E-state index in [1.165, 1.54) is 11.1 Å². The van der Waals surface area contributed by atoms with Crippen LogP contribution in [0.2, 0.25) is 5.15 Å². The zero-order chi connectivity index (χ0) is 12.3. The van der Waals surface area contributed by atoms with E-state index >= 15 is 0 Å². The van der Waals surface area contributed by atoms with Crippen LogP contribution in [0, 0.1) is 0 Å². The van der Waals surface area contributed by atoms with E-state index in [-0.39, 0.29) is 5.91 Å². The molecule has 1 saturated heterocycles. The van der Waals surface area contributed by atoms with Gasteiger partial charge in [-0.1, -0.05) is 11.6 Å². The molecule has 0 spiro atoms. The van der Waals surface area contributed by atoms with E-state index in [0.29, 0.717) is 10.7 Å². The summed E-state index contributed by atoms with van der Waals surface area (Å²) in [5.74, 6) is -0.131. The SMILES string of the molecule is C[NH+]1CCN(NC(=O)c2ccc(Cl)nc2)CC1. The van der Waals surface area contributed by atoms with Crippen molar-refractivity contribution in [2.45, 2.75) is 0 Å². The van der Waals surface area contributed by atoms with Gasteiger partial charge < -0.3 is 4.90 Å². The number of nitrogens with one attached hydrogen (secondary N) is 2. The molecule has 1 aliphatic heterocycles. The first-order valence-corrected chi connectivity index (χ1v) is 6.02. The first kappa shape index (κ1) is 12.3. The van der Waals surface area contributed by atoms with Crippen molar-refractivity contribution in [1.82, 2.24) is 15.4 Å². The van der Waals surface area contributed by atoms with E-state index in [4.69, 9.17) is 11.6 Å². The van der Waals surface area contributed by atoms with Crippen molar-refractivity contribution in [3.63, 3.8) is 0 Å². The van der Waals surface area contributed by atoms with Gasteiger partial charge in [0.1, 0.15) is 5.15 Å². The predicted octanol–water partition coefficient (Wildman–Crippen LogP) is -0.790. The van der Waals surface area contributed by atoms with Gasteiger partial charge in [0.15, 0.2) is 0 Å². The molecular formula is C11H16ClN4O+. The Hall–Kier alpha value is -1.17. The number of likely N-dealkylation sites (N-methyl/N-ethyl adjacent to an activating group) is 1. The van der Waals surface area contributed by atoms with Crippen molar-refractivity contribution < 1.29 is 9.69 Å². The minimum atomic E-state index is -0.131. The zero-order valence-corrected chi connectivity index (χ0v) is 10.5. The molecule has 0 unspecified atom stereocenters. The second-order valence-corrected chi connectivity index (χ2v) is 4.64. The number of amides is 1. The summed E-state index contributed by atoms with van der Waals surface area (Å²) in [7, 11) is 2.16. The number of quaternary nitrogens is 1. The third kappa shape index (κ3) is 3.39. The lowest BCUT2D eigenvalue weighted by molar-refractivity contribution is -0.884. The van der Waals surface area contributed by atoms with Gasteiger partial charge in [-0.05, 0) is 12.1 Å². The Morgan fingerprint density at radius 2 is 2.18 bits per heavy atom. The molecule has 0 aliphatic carbocycles. The maximum Gasteiger partial charge on any atom is 0.267 e. The van der Waals surface area contributed by atoms with Crippen LogP contribution in [0.3, 0.4) is 0 Å². The lowest BCUT2D eigenvalue weighted by atomic mass is 10.3. The molecule has 0 atom stereocenters. The monoisotopic (exact) mass is 255 g/mol. The first-order chi connectivity index (χ1) is 8.15. The Balaban J connectivity index is 1.91. The molecule has 2 rings (SSSR count). The highest BCUT2D eigenvalue weighted by Gasteiger charge is 2.18. The summed E-state index contributed by atoms with van der Waals surface area (Å²) in [5, 5.41) is 2.34. The van der Waals surface area contributed by atoms with Gasteiger partial charge in [0.2, 0.25) is 0 Å². The fourth-order valence-corrected chi connectivity index (χ4v) is 1.83. The quantitative estimate of drug-likeness (QED) is 0.681. The molecule has 0 radical (unpaired) electrons. The largest absolute Gasteiger partial charge is 0.335 e. The molecule has 0 bridgehead atoms. The molecule has 5 nitrogen and oxygen atoms in total. The highest BCUT2D eigenvalue weighted by atomic mass is 35.5. The van der Waals surface area contributed by atoms with Crippen LogP contribution >= 0.6 is 11.6 Å². The van der Waals surface area contributed by atoms with Crippen molar-refractivity contribution in [1.29, 1.82) is 0 Å². The summed E-state index contributed by atoms with van der Waals surface area (Å²) in [5.41, 5.74) is 3.40. The van der Waals surface area contributed by atoms with Crippen LogP contribution in [0.15, 0.2) is 18.3 Å². The number of piperazine rings is 1. The predicted molar refractivity (Wildman–Crippen MR) is 64.9 cm³/mol. The van der Waals surface area contributed by atoms with Gasteiger partial charge >= 0.3 is 0 Å². The van der Waals surface area contributed by atoms with Crippen molar-refractivity contribution in [2.24, 2.45) is 0 Å². The van der Waals surface area contributed by atoms with E-state index in [2.05, 4.69) is 17.5 Å². The number of carbonyl (C=O) groups excluding carboxylic acids is 1. The van der Waals surface area contributed by atoms with Gasteiger partial charge in [0.25, 0.3) is 5.91 Å². The van der Waals surface area contributed by atoms with Crippen molar-refractivity contribution in [3.8, 4) is 0 Å². The molecule has 6 heteroatoms. The lowest BCUT2D eigenvalue weighted by Gasteiger charge is -2.30. The molecular weight excluding hydrogens is 240 g/mol.